The number of hydrogen-bond donors (Lipinski definition) is 2. The lowest BCUT2D eigenvalue weighted by atomic mass is 9.90. The van der Waals surface area contributed by atoms with E-state index < -0.39 is 0 Å². The van der Waals surface area contributed by atoms with Gasteiger partial charge in [-0.1, -0.05) is 60.7 Å². The molecule has 1 aliphatic heterocycles. The van der Waals surface area contributed by atoms with E-state index in [9.17, 15) is 9.59 Å². The highest BCUT2D eigenvalue weighted by Crippen LogP contribution is 2.25. The molecular formula is C31H33N3O2. The summed E-state index contributed by atoms with van der Waals surface area (Å²) in [6, 6.07) is 26.5. The molecule has 3 aromatic carbocycles. The van der Waals surface area contributed by atoms with Crippen LogP contribution in [0, 0.1) is 5.92 Å². The largest absolute Gasteiger partial charge is 0.361 e. The van der Waals surface area contributed by atoms with Crippen molar-refractivity contribution < 1.29 is 9.59 Å². The molecule has 1 aliphatic rings. The van der Waals surface area contributed by atoms with Gasteiger partial charge in [-0.2, -0.15) is 0 Å². The van der Waals surface area contributed by atoms with Crippen LogP contribution in [0.3, 0.4) is 0 Å². The van der Waals surface area contributed by atoms with Crippen LogP contribution in [0.2, 0.25) is 0 Å². The number of ketones is 1. The first-order chi connectivity index (χ1) is 17.7. The third kappa shape index (κ3) is 5.92. The Kier molecular flexibility index (Phi) is 7.58. The van der Waals surface area contributed by atoms with E-state index in [1.165, 1.54) is 5.56 Å². The van der Waals surface area contributed by atoms with Crippen molar-refractivity contribution in [1.82, 2.24) is 15.2 Å². The van der Waals surface area contributed by atoms with E-state index in [2.05, 4.69) is 40.6 Å². The molecule has 5 heteroatoms. The second kappa shape index (κ2) is 11.4. The van der Waals surface area contributed by atoms with Crippen LogP contribution in [0.5, 0.6) is 0 Å². The average molecular weight is 480 g/mol. The third-order valence-electron chi connectivity index (χ3n) is 7.17. The summed E-state index contributed by atoms with van der Waals surface area (Å²) in [4.78, 5) is 31.1. The lowest BCUT2D eigenvalue weighted by Crippen LogP contribution is -2.38. The van der Waals surface area contributed by atoms with Crippen LogP contribution in [-0.4, -0.2) is 41.2 Å². The maximum absolute atomic E-state index is 13.3. The van der Waals surface area contributed by atoms with Gasteiger partial charge in [-0.25, -0.2) is 0 Å². The van der Waals surface area contributed by atoms with Gasteiger partial charge in [-0.05, 0) is 60.1 Å². The minimum atomic E-state index is 0.0815. The summed E-state index contributed by atoms with van der Waals surface area (Å²) in [7, 11) is 0. The minimum absolute atomic E-state index is 0.0815. The lowest BCUT2D eigenvalue weighted by Gasteiger charge is -2.32. The van der Waals surface area contributed by atoms with Crippen molar-refractivity contribution in [3.8, 4) is 0 Å². The fourth-order valence-electron chi connectivity index (χ4n) is 5.14. The van der Waals surface area contributed by atoms with E-state index in [1.807, 2.05) is 59.6 Å². The van der Waals surface area contributed by atoms with Gasteiger partial charge in [0.25, 0.3) is 5.91 Å². The summed E-state index contributed by atoms with van der Waals surface area (Å²) < 4.78 is 0. The van der Waals surface area contributed by atoms with Crippen LogP contribution in [0.25, 0.3) is 10.9 Å². The number of aromatic nitrogens is 1. The predicted octanol–water partition coefficient (Wildman–Crippen LogP) is 5.16. The molecule has 2 N–H and O–H groups in total. The summed E-state index contributed by atoms with van der Waals surface area (Å²) in [6.45, 7) is 2.57. The number of carbonyl (C=O) groups excluding carboxylic acids is 2. The molecule has 0 spiro atoms. The van der Waals surface area contributed by atoms with Gasteiger partial charge in [0, 0.05) is 48.7 Å². The summed E-state index contributed by atoms with van der Waals surface area (Å²) in [6.07, 6.45) is 5.37. The van der Waals surface area contributed by atoms with Crippen LogP contribution in [0.4, 0.5) is 0 Å². The molecule has 4 aromatic rings. The second-order valence-corrected chi connectivity index (χ2v) is 9.80. The average Bonchev–Trinajstić information content (AvgIpc) is 3.31. The van der Waals surface area contributed by atoms with Crippen LogP contribution in [0.1, 0.15) is 39.9 Å². The first-order valence-corrected chi connectivity index (χ1v) is 12.9. The zero-order valence-corrected chi connectivity index (χ0v) is 20.6. The smallest absolute Gasteiger partial charge is 0.253 e. The number of likely N-dealkylation sites (tertiary alicyclic amines) is 1. The topological polar surface area (TPSA) is 65.2 Å². The van der Waals surface area contributed by atoms with E-state index in [4.69, 9.17) is 0 Å². The molecule has 0 aliphatic carbocycles. The van der Waals surface area contributed by atoms with Gasteiger partial charge >= 0.3 is 0 Å². The number of nitrogens with zero attached hydrogens (tertiary/aromatic N) is 1. The molecule has 5 rings (SSSR count). The Bertz CT molecular complexity index is 1310. The summed E-state index contributed by atoms with van der Waals surface area (Å²) >= 11 is 0. The molecule has 1 fully saturated rings. The molecule has 0 unspecified atom stereocenters. The third-order valence-corrected chi connectivity index (χ3v) is 7.17. The molecule has 0 saturated carbocycles. The summed E-state index contributed by atoms with van der Waals surface area (Å²) in [5, 5.41) is 4.19. The Morgan fingerprint density at radius 2 is 1.58 bits per heavy atom. The molecule has 2 heterocycles. The number of amides is 1. The normalized spacial score (nSPS) is 14.3. The van der Waals surface area contributed by atoms with Gasteiger partial charge in [0.1, 0.15) is 0 Å². The van der Waals surface area contributed by atoms with Crippen molar-refractivity contribution in [2.75, 3.05) is 19.6 Å². The van der Waals surface area contributed by atoms with Crippen molar-refractivity contribution in [2.45, 2.75) is 32.2 Å². The van der Waals surface area contributed by atoms with Gasteiger partial charge in [-0.3, -0.25) is 9.59 Å². The molecule has 0 bridgehead atoms. The number of H-pyrrole nitrogens is 1. The maximum atomic E-state index is 13.3. The molecule has 1 amide bonds. The summed E-state index contributed by atoms with van der Waals surface area (Å²) in [5.41, 5.74) is 5.11. The van der Waals surface area contributed by atoms with Crippen LogP contribution in [0.15, 0.2) is 85.1 Å². The number of nitrogens with one attached hydrogen (secondary N) is 2. The van der Waals surface area contributed by atoms with E-state index in [-0.39, 0.29) is 11.7 Å². The van der Waals surface area contributed by atoms with E-state index in [0.717, 1.165) is 54.4 Å². The highest BCUT2D eigenvalue weighted by molar-refractivity contribution is 5.99. The van der Waals surface area contributed by atoms with E-state index in [0.29, 0.717) is 31.0 Å². The number of fused-ring (bicyclic) bond motifs is 1. The number of benzene rings is 3. The fourth-order valence-corrected chi connectivity index (χ4v) is 5.14. The molecule has 0 atom stereocenters. The van der Waals surface area contributed by atoms with Crippen LogP contribution < -0.4 is 5.32 Å². The van der Waals surface area contributed by atoms with E-state index in [1.54, 1.807) is 0 Å². The van der Waals surface area contributed by atoms with Crippen molar-refractivity contribution >= 4 is 22.6 Å². The molecule has 36 heavy (non-hydrogen) atoms. The van der Waals surface area contributed by atoms with Gasteiger partial charge in [0.2, 0.25) is 0 Å². The molecular weight excluding hydrogens is 446 g/mol. The molecule has 0 radical (unpaired) electrons. The number of piperidine rings is 1. The highest BCUT2D eigenvalue weighted by atomic mass is 16.2. The van der Waals surface area contributed by atoms with Crippen molar-refractivity contribution in [3.63, 3.8) is 0 Å². The lowest BCUT2D eigenvalue weighted by molar-refractivity contribution is -0.117. The zero-order valence-electron chi connectivity index (χ0n) is 20.6. The predicted molar refractivity (Wildman–Crippen MR) is 144 cm³/mol. The van der Waals surface area contributed by atoms with Crippen LogP contribution >= 0.6 is 0 Å². The highest BCUT2D eigenvalue weighted by Gasteiger charge is 2.24. The fraction of sp³-hybridized carbons (Fsp3) is 0.290. The van der Waals surface area contributed by atoms with Crippen molar-refractivity contribution in [1.29, 1.82) is 0 Å². The second-order valence-electron chi connectivity index (χ2n) is 9.80. The summed E-state index contributed by atoms with van der Waals surface area (Å²) in [5.74, 6) is 0.832. The minimum Gasteiger partial charge on any atom is -0.361 e. The number of Topliss-reactive ketones (excluding diaryl/α,β-unsaturated/α-hetero) is 1. The molecule has 1 aromatic heterocycles. The van der Waals surface area contributed by atoms with E-state index >= 15 is 0 Å². The molecule has 184 valence electrons. The molecule has 5 nitrogen and oxygen atoms in total. The maximum Gasteiger partial charge on any atom is 0.253 e. The van der Waals surface area contributed by atoms with Crippen molar-refractivity contribution in [2.24, 2.45) is 5.92 Å². The Balaban J connectivity index is 1.17. The van der Waals surface area contributed by atoms with Gasteiger partial charge in [0.05, 0.1) is 6.54 Å². The number of aromatic amines is 1. The Morgan fingerprint density at radius 1 is 0.889 bits per heavy atom. The first-order valence-electron chi connectivity index (χ1n) is 12.9. The van der Waals surface area contributed by atoms with Gasteiger partial charge in [0.15, 0.2) is 5.78 Å². The Labute approximate surface area is 212 Å². The monoisotopic (exact) mass is 479 g/mol. The SMILES string of the molecule is O=C(CNCc1ccccc1)Cc1c[nH]c2ccc(C(=O)N3CCC(Cc4ccccc4)CC3)cc12. The zero-order chi connectivity index (χ0) is 24.7. The van der Waals surface area contributed by atoms with Crippen LogP contribution in [-0.2, 0) is 24.2 Å². The Morgan fingerprint density at radius 3 is 2.31 bits per heavy atom. The number of carbonyl (C=O) groups is 2. The Hall–Kier alpha value is -3.70. The van der Waals surface area contributed by atoms with Crippen molar-refractivity contribution in [3.05, 3.63) is 107 Å². The standard InChI is InChI=1S/C31H33N3O2/c35-28(22-32-20-25-9-5-2-6-10-25)18-27-21-33-30-12-11-26(19-29(27)30)31(36)34-15-13-24(14-16-34)17-23-7-3-1-4-8-23/h1-12,19,21,24,32-33H,13-18,20,22H2. The van der Waals surface area contributed by atoms with Gasteiger partial charge in [-0.15, -0.1) is 0 Å². The number of rotatable bonds is 9. The molecule has 1 saturated heterocycles. The first kappa shape index (κ1) is 24.0. The number of hydrogen-bond acceptors (Lipinski definition) is 3. The van der Waals surface area contributed by atoms with Gasteiger partial charge < -0.3 is 15.2 Å². The quantitative estimate of drug-likeness (QED) is 0.348.